The Bertz CT molecular complexity index is 705. The summed E-state index contributed by atoms with van der Waals surface area (Å²) in [6.07, 6.45) is 6.68. The van der Waals surface area contributed by atoms with E-state index in [0.717, 1.165) is 56.5 Å². The fourth-order valence-electron chi connectivity index (χ4n) is 3.94. The van der Waals surface area contributed by atoms with E-state index in [2.05, 4.69) is 39.8 Å². The van der Waals surface area contributed by atoms with Gasteiger partial charge in [0, 0.05) is 36.8 Å². The minimum atomic E-state index is -0.0581. The zero-order chi connectivity index (χ0) is 17.1. The minimum Gasteiger partial charge on any atom is -0.469 e. The first-order valence-electron chi connectivity index (χ1n) is 9.23. The molecular formula is C20H25N3O2. The van der Waals surface area contributed by atoms with Crippen molar-refractivity contribution in [3.05, 3.63) is 54.0 Å². The molecule has 2 amide bonds. The van der Waals surface area contributed by atoms with Crippen LogP contribution in [0, 0.1) is 0 Å². The van der Waals surface area contributed by atoms with Crippen molar-refractivity contribution in [3.8, 4) is 0 Å². The second kappa shape index (κ2) is 7.21. The number of para-hydroxylation sites is 1. The Kier molecular flexibility index (Phi) is 4.63. The molecule has 1 atom stereocenters. The SMILES string of the molecule is O=C(NC1CCN(c2ccccc2)CC1)NC1CCCc2occc21. The molecule has 0 radical (unpaired) electrons. The van der Waals surface area contributed by atoms with Crippen LogP contribution in [0.4, 0.5) is 10.5 Å². The third-order valence-electron chi connectivity index (χ3n) is 5.31. The molecule has 4 rings (SSSR count). The number of hydrogen-bond acceptors (Lipinski definition) is 3. The van der Waals surface area contributed by atoms with Gasteiger partial charge in [-0.15, -0.1) is 0 Å². The number of carbonyl (C=O) groups excluding carboxylic acids is 1. The molecule has 1 fully saturated rings. The summed E-state index contributed by atoms with van der Waals surface area (Å²) >= 11 is 0. The van der Waals surface area contributed by atoms with Crippen LogP contribution in [0.25, 0.3) is 0 Å². The van der Waals surface area contributed by atoms with Gasteiger partial charge in [0.2, 0.25) is 0 Å². The molecule has 5 heteroatoms. The monoisotopic (exact) mass is 339 g/mol. The molecule has 1 aromatic carbocycles. The molecule has 2 heterocycles. The summed E-state index contributed by atoms with van der Waals surface area (Å²) in [5.74, 6) is 1.02. The van der Waals surface area contributed by atoms with Crippen LogP contribution >= 0.6 is 0 Å². The van der Waals surface area contributed by atoms with E-state index in [1.54, 1.807) is 6.26 Å². The van der Waals surface area contributed by atoms with Gasteiger partial charge in [-0.3, -0.25) is 0 Å². The highest BCUT2D eigenvalue weighted by Crippen LogP contribution is 2.30. The van der Waals surface area contributed by atoms with Gasteiger partial charge >= 0.3 is 6.03 Å². The van der Waals surface area contributed by atoms with E-state index in [1.807, 2.05) is 12.1 Å². The lowest BCUT2D eigenvalue weighted by Crippen LogP contribution is -2.48. The lowest BCUT2D eigenvalue weighted by molar-refractivity contribution is 0.228. The third kappa shape index (κ3) is 3.65. The van der Waals surface area contributed by atoms with Gasteiger partial charge in [0.15, 0.2) is 0 Å². The Hall–Kier alpha value is -2.43. The fourth-order valence-corrected chi connectivity index (χ4v) is 3.94. The normalized spacial score (nSPS) is 20.8. The van der Waals surface area contributed by atoms with Crippen LogP contribution < -0.4 is 15.5 Å². The molecule has 25 heavy (non-hydrogen) atoms. The first-order chi connectivity index (χ1) is 12.3. The fraction of sp³-hybridized carbons (Fsp3) is 0.450. The molecule has 0 bridgehead atoms. The first kappa shape index (κ1) is 16.1. The van der Waals surface area contributed by atoms with Crippen LogP contribution in [0.1, 0.15) is 43.0 Å². The van der Waals surface area contributed by atoms with Crippen molar-refractivity contribution in [2.45, 2.75) is 44.2 Å². The first-order valence-corrected chi connectivity index (χ1v) is 9.23. The van der Waals surface area contributed by atoms with Crippen molar-refractivity contribution in [2.24, 2.45) is 0 Å². The smallest absolute Gasteiger partial charge is 0.315 e. The van der Waals surface area contributed by atoms with Gasteiger partial charge in [-0.2, -0.15) is 0 Å². The molecule has 132 valence electrons. The maximum Gasteiger partial charge on any atom is 0.315 e. The highest BCUT2D eigenvalue weighted by molar-refractivity contribution is 5.75. The number of furan rings is 1. The molecular weight excluding hydrogens is 314 g/mol. The summed E-state index contributed by atoms with van der Waals surface area (Å²) in [5, 5.41) is 6.28. The molecule has 2 aliphatic rings. The van der Waals surface area contributed by atoms with E-state index >= 15 is 0 Å². The number of piperidine rings is 1. The standard InChI is InChI=1S/C20H25N3O2/c24-20(22-18-7-4-8-19-17(18)11-14-25-19)21-15-9-12-23(13-10-15)16-5-2-1-3-6-16/h1-3,5-6,11,14-15,18H,4,7-10,12-13H2,(H2,21,22,24). The summed E-state index contributed by atoms with van der Waals surface area (Å²) in [7, 11) is 0. The maximum atomic E-state index is 12.4. The summed E-state index contributed by atoms with van der Waals surface area (Å²) < 4.78 is 5.49. The van der Waals surface area contributed by atoms with Gasteiger partial charge in [0.1, 0.15) is 5.76 Å². The lowest BCUT2D eigenvalue weighted by atomic mass is 9.93. The molecule has 2 N–H and O–H groups in total. The molecule has 1 aliphatic carbocycles. The predicted molar refractivity (Wildman–Crippen MR) is 97.7 cm³/mol. The van der Waals surface area contributed by atoms with Gasteiger partial charge in [0.25, 0.3) is 0 Å². The Morgan fingerprint density at radius 1 is 1.04 bits per heavy atom. The van der Waals surface area contributed by atoms with Gasteiger partial charge < -0.3 is 20.0 Å². The molecule has 1 aliphatic heterocycles. The zero-order valence-electron chi connectivity index (χ0n) is 14.4. The highest BCUT2D eigenvalue weighted by Gasteiger charge is 2.26. The number of urea groups is 1. The van der Waals surface area contributed by atoms with E-state index in [0.29, 0.717) is 0 Å². The Labute approximate surface area is 148 Å². The molecule has 1 unspecified atom stereocenters. The lowest BCUT2D eigenvalue weighted by Gasteiger charge is -2.34. The molecule has 2 aromatic rings. The quantitative estimate of drug-likeness (QED) is 0.898. The highest BCUT2D eigenvalue weighted by atomic mass is 16.3. The number of carbonyl (C=O) groups is 1. The summed E-state index contributed by atoms with van der Waals surface area (Å²) in [5.41, 5.74) is 2.40. The summed E-state index contributed by atoms with van der Waals surface area (Å²) in [4.78, 5) is 14.8. The Morgan fingerprint density at radius 3 is 2.64 bits per heavy atom. The van der Waals surface area contributed by atoms with Crippen LogP contribution in [0.2, 0.25) is 0 Å². The van der Waals surface area contributed by atoms with Crippen LogP contribution in [0.15, 0.2) is 47.1 Å². The largest absolute Gasteiger partial charge is 0.469 e. The number of nitrogens with zero attached hydrogens (tertiary/aromatic N) is 1. The van der Waals surface area contributed by atoms with Crippen molar-refractivity contribution in [3.63, 3.8) is 0 Å². The molecule has 1 aromatic heterocycles. The van der Waals surface area contributed by atoms with E-state index < -0.39 is 0 Å². The van der Waals surface area contributed by atoms with Crippen molar-refractivity contribution in [1.29, 1.82) is 0 Å². The van der Waals surface area contributed by atoms with Crippen LogP contribution in [0.5, 0.6) is 0 Å². The van der Waals surface area contributed by atoms with E-state index in [4.69, 9.17) is 4.42 Å². The van der Waals surface area contributed by atoms with Crippen molar-refractivity contribution in [1.82, 2.24) is 10.6 Å². The van der Waals surface area contributed by atoms with Gasteiger partial charge in [0.05, 0.1) is 12.3 Å². The Balaban J connectivity index is 1.27. The van der Waals surface area contributed by atoms with E-state index in [-0.39, 0.29) is 18.1 Å². The minimum absolute atomic E-state index is 0.0581. The van der Waals surface area contributed by atoms with E-state index in [1.165, 1.54) is 5.69 Å². The predicted octanol–water partition coefficient (Wildman–Crippen LogP) is 3.63. The van der Waals surface area contributed by atoms with E-state index in [9.17, 15) is 4.79 Å². The van der Waals surface area contributed by atoms with Crippen molar-refractivity contribution < 1.29 is 9.21 Å². The number of nitrogens with one attached hydrogen (secondary N) is 2. The maximum absolute atomic E-state index is 12.4. The second-order valence-corrected chi connectivity index (χ2v) is 6.96. The number of rotatable bonds is 3. The van der Waals surface area contributed by atoms with Gasteiger partial charge in [-0.1, -0.05) is 18.2 Å². The summed E-state index contributed by atoms with van der Waals surface area (Å²) in [6, 6.07) is 12.7. The van der Waals surface area contributed by atoms with Crippen LogP contribution in [-0.4, -0.2) is 25.2 Å². The molecule has 5 nitrogen and oxygen atoms in total. The number of amides is 2. The Morgan fingerprint density at radius 2 is 1.84 bits per heavy atom. The number of aryl methyl sites for hydroxylation is 1. The van der Waals surface area contributed by atoms with Crippen LogP contribution in [-0.2, 0) is 6.42 Å². The number of benzene rings is 1. The van der Waals surface area contributed by atoms with Crippen LogP contribution in [0.3, 0.4) is 0 Å². The summed E-state index contributed by atoms with van der Waals surface area (Å²) in [6.45, 7) is 1.95. The third-order valence-corrected chi connectivity index (χ3v) is 5.31. The average Bonchev–Trinajstić information content (AvgIpc) is 3.13. The second-order valence-electron chi connectivity index (χ2n) is 6.96. The molecule has 0 spiro atoms. The molecule has 1 saturated heterocycles. The van der Waals surface area contributed by atoms with Gasteiger partial charge in [-0.25, -0.2) is 4.79 Å². The molecule has 0 saturated carbocycles. The number of anilines is 1. The number of hydrogen-bond donors (Lipinski definition) is 2. The van der Waals surface area contributed by atoms with Crippen molar-refractivity contribution in [2.75, 3.05) is 18.0 Å². The average molecular weight is 339 g/mol. The topological polar surface area (TPSA) is 57.5 Å². The van der Waals surface area contributed by atoms with Gasteiger partial charge in [-0.05, 0) is 43.9 Å². The number of fused-ring (bicyclic) bond motifs is 1. The van der Waals surface area contributed by atoms with Crippen molar-refractivity contribution >= 4 is 11.7 Å². The zero-order valence-corrected chi connectivity index (χ0v) is 14.4.